The van der Waals surface area contributed by atoms with E-state index in [1.165, 1.54) is 23.5 Å². The summed E-state index contributed by atoms with van der Waals surface area (Å²) < 4.78 is 13.3. The number of halogens is 1. The minimum absolute atomic E-state index is 0.0189. The highest BCUT2D eigenvalue weighted by atomic mass is 32.1. The van der Waals surface area contributed by atoms with Gasteiger partial charge in [0.15, 0.2) is 0 Å². The van der Waals surface area contributed by atoms with Gasteiger partial charge < -0.3 is 15.4 Å². The van der Waals surface area contributed by atoms with Crippen LogP contribution in [-0.2, 0) is 0 Å². The number of hydrogen-bond acceptors (Lipinski definition) is 4. The Bertz CT molecular complexity index is 905. The number of rotatable bonds is 4. The Hall–Kier alpha value is -2.51. The predicted octanol–water partition coefficient (Wildman–Crippen LogP) is 2.19. The first-order chi connectivity index (χ1) is 11.0. The van der Waals surface area contributed by atoms with Crippen molar-refractivity contribution in [1.82, 2.24) is 10.3 Å². The first-order valence-electron chi connectivity index (χ1n) is 6.85. The molecule has 0 saturated heterocycles. The number of amides is 1. The molecule has 3 N–H and O–H groups in total. The Morgan fingerprint density at radius 2 is 2.17 bits per heavy atom. The maximum absolute atomic E-state index is 13.3. The van der Waals surface area contributed by atoms with E-state index in [9.17, 15) is 19.1 Å². The van der Waals surface area contributed by atoms with Gasteiger partial charge >= 0.3 is 0 Å². The van der Waals surface area contributed by atoms with Crippen LogP contribution in [-0.4, -0.2) is 22.5 Å². The van der Waals surface area contributed by atoms with Gasteiger partial charge in [0.2, 0.25) is 5.56 Å². The highest BCUT2D eigenvalue weighted by Gasteiger charge is 2.14. The van der Waals surface area contributed by atoms with Gasteiger partial charge in [0.25, 0.3) is 5.91 Å². The number of carbonyl (C=O) groups excluding carboxylic acids is 1. The van der Waals surface area contributed by atoms with Crippen molar-refractivity contribution in [2.75, 3.05) is 6.54 Å². The molecule has 0 saturated carbocycles. The van der Waals surface area contributed by atoms with E-state index in [2.05, 4.69) is 10.3 Å². The van der Waals surface area contributed by atoms with Crippen molar-refractivity contribution in [3.63, 3.8) is 0 Å². The van der Waals surface area contributed by atoms with Gasteiger partial charge in [-0.1, -0.05) is 0 Å². The molecule has 1 aromatic carbocycles. The van der Waals surface area contributed by atoms with Crippen LogP contribution in [0, 0.1) is 5.82 Å². The number of nitrogens with one attached hydrogen (secondary N) is 2. The van der Waals surface area contributed by atoms with Crippen molar-refractivity contribution in [2.45, 2.75) is 6.10 Å². The molecule has 1 unspecified atom stereocenters. The lowest BCUT2D eigenvalue weighted by atomic mass is 10.1. The zero-order valence-corrected chi connectivity index (χ0v) is 12.7. The second kappa shape index (κ2) is 6.31. The Morgan fingerprint density at radius 3 is 2.91 bits per heavy atom. The zero-order valence-electron chi connectivity index (χ0n) is 11.9. The van der Waals surface area contributed by atoms with Gasteiger partial charge in [-0.05, 0) is 40.6 Å². The average molecular weight is 332 g/mol. The fourth-order valence-corrected chi connectivity index (χ4v) is 2.99. The smallest absolute Gasteiger partial charge is 0.252 e. The molecule has 0 aliphatic rings. The number of carbonyl (C=O) groups is 1. The van der Waals surface area contributed by atoms with E-state index >= 15 is 0 Å². The largest absolute Gasteiger partial charge is 0.387 e. The van der Waals surface area contributed by atoms with Crippen LogP contribution >= 0.6 is 11.3 Å². The van der Waals surface area contributed by atoms with Crippen LogP contribution in [0.15, 0.2) is 45.9 Å². The second-order valence-electron chi connectivity index (χ2n) is 5.02. The number of benzene rings is 1. The number of aliphatic hydroxyl groups excluding tert-OH is 1. The van der Waals surface area contributed by atoms with Gasteiger partial charge in [-0.3, -0.25) is 9.59 Å². The summed E-state index contributed by atoms with van der Waals surface area (Å²) in [5.41, 5.74) is 0.613. The molecule has 0 aliphatic heterocycles. The van der Waals surface area contributed by atoms with E-state index < -0.39 is 23.4 Å². The molecule has 2 aromatic heterocycles. The maximum atomic E-state index is 13.3. The fourth-order valence-electron chi connectivity index (χ4n) is 2.29. The van der Waals surface area contributed by atoms with Gasteiger partial charge in [0, 0.05) is 18.0 Å². The second-order valence-corrected chi connectivity index (χ2v) is 5.80. The summed E-state index contributed by atoms with van der Waals surface area (Å²) in [7, 11) is 0. The summed E-state index contributed by atoms with van der Waals surface area (Å²) in [5.74, 6) is -0.999. The summed E-state index contributed by atoms with van der Waals surface area (Å²) in [4.78, 5) is 26.4. The number of aromatic nitrogens is 1. The van der Waals surface area contributed by atoms with Gasteiger partial charge in [-0.15, -0.1) is 0 Å². The van der Waals surface area contributed by atoms with Crippen LogP contribution in [0.2, 0.25) is 0 Å². The molecular formula is C16H13FN2O3S. The number of fused-ring (bicyclic) bond motifs is 1. The molecule has 2 heterocycles. The number of aromatic amines is 1. The van der Waals surface area contributed by atoms with E-state index in [0.29, 0.717) is 10.9 Å². The van der Waals surface area contributed by atoms with Gasteiger partial charge in [-0.25, -0.2) is 4.39 Å². The Morgan fingerprint density at radius 1 is 1.35 bits per heavy atom. The summed E-state index contributed by atoms with van der Waals surface area (Å²) in [6, 6.07) is 6.75. The minimum atomic E-state index is -0.823. The molecule has 3 aromatic rings. The molecule has 1 atom stereocenters. The topological polar surface area (TPSA) is 82.2 Å². The summed E-state index contributed by atoms with van der Waals surface area (Å²) in [5, 5.41) is 16.6. The molecule has 3 rings (SSSR count). The Kier molecular flexibility index (Phi) is 4.22. The summed E-state index contributed by atoms with van der Waals surface area (Å²) in [6.07, 6.45) is -0.823. The lowest BCUT2D eigenvalue weighted by Gasteiger charge is -2.11. The molecular weight excluding hydrogens is 319 g/mol. The van der Waals surface area contributed by atoms with E-state index in [-0.39, 0.29) is 17.6 Å². The third-order valence-corrected chi connectivity index (χ3v) is 4.14. The molecule has 0 spiro atoms. The van der Waals surface area contributed by atoms with Crippen LogP contribution < -0.4 is 10.9 Å². The molecule has 7 heteroatoms. The van der Waals surface area contributed by atoms with Crippen LogP contribution in [0.5, 0.6) is 0 Å². The molecule has 1 amide bonds. The highest BCUT2D eigenvalue weighted by Crippen LogP contribution is 2.18. The van der Waals surface area contributed by atoms with Crippen molar-refractivity contribution in [3.05, 3.63) is 68.4 Å². The number of H-pyrrole nitrogens is 1. The van der Waals surface area contributed by atoms with Crippen molar-refractivity contribution < 1.29 is 14.3 Å². The Balaban J connectivity index is 1.85. The molecule has 0 aliphatic carbocycles. The lowest BCUT2D eigenvalue weighted by Crippen LogP contribution is -2.29. The average Bonchev–Trinajstić information content (AvgIpc) is 3.05. The first-order valence-corrected chi connectivity index (χ1v) is 7.80. The van der Waals surface area contributed by atoms with E-state index in [1.54, 1.807) is 11.4 Å². The third-order valence-electron chi connectivity index (χ3n) is 3.43. The van der Waals surface area contributed by atoms with Gasteiger partial charge in [0.1, 0.15) is 5.82 Å². The molecule has 0 fully saturated rings. The SMILES string of the molecule is O=C(NCC(O)c1ccsc1)c1cc(=O)[nH]c2cc(F)ccc12. The number of aliphatic hydroxyl groups is 1. The van der Waals surface area contributed by atoms with Crippen LogP contribution in [0.1, 0.15) is 22.0 Å². The summed E-state index contributed by atoms with van der Waals surface area (Å²) >= 11 is 1.45. The van der Waals surface area contributed by atoms with E-state index in [1.807, 2.05) is 5.38 Å². The summed E-state index contributed by atoms with van der Waals surface area (Å²) in [6.45, 7) is 0.0189. The normalized spacial score (nSPS) is 12.3. The van der Waals surface area contributed by atoms with Crippen molar-refractivity contribution in [2.24, 2.45) is 0 Å². The molecule has 0 bridgehead atoms. The third kappa shape index (κ3) is 3.30. The lowest BCUT2D eigenvalue weighted by molar-refractivity contribution is 0.0918. The fraction of sp³-hybridized carbons (Fsp3) is 0.125. The number of pyridine rings is 1. The van der Waals surface area contributed by atoms with Crippen molar-refractivity contribution in [1.29, 1.82) is 0 Å². The minimum Gasteiger partial charge on any atom is -0.387 e. The molecule has 23 heavy (non-hydrogen) atoms. The first kappa shape index (κ1) is 15.4. The standard InChI is InChI=1S/C16H13FN2O3S/c17-10-1-2-11-12(6-15(21)19-13(11)5-10)16(22)18-7-14(20)9-3-4-23-8-9/h1-6,8,14,20H,7H2,(H,18,22)(H,19,21). The molecule has 5 nitrogen and oxygen atoms in total. The van der Waals surface area contributed by atoms with Crippen molar-refractivity contribution >= 4 is 28.1 Å². The Labute approximate surface area is 134 Å². The van der Waals surface area contributed by atoms with Gasteiger partial charge in [0.05, 0.1) is 17.2 Å². The zero-order chi connectivity index (χ0) is 16.4. The van der Waals surface area contributed by atoms with Crippen molar-refractivity contribution in [3.8, 4) is 0 Å². The van der Waals surface area contributed by atoms with E-state index in [0.717, 1.165) is 12.1 Å². The van der Waals surface area contributed by atoms with E-state index in [4.69, 9.17) is 0 Å². The highest BCUT2D eigenvalue weighted by molar-refractivity contribution is 7.07. The number of thiophene rings is 1. The van der Waals surface area contributed by atoms with Gasteiger partial charge in [-0.2, -0.15) is 11.3 Å². The number of hydrogen-bond donors (Lipinski definition) is 3. The van der Waals surface area contributed by atoms with Crippen LogP contribution in [0.3, 0.4) is 0 Å². The molecule has 118 valence electrons. The predicted molar refractivity (Wildman–Crippen MR) is 86.1 cm³/mol. The molecule has 0 radical (unpaired) electrons. The van der Waals surface area contributed by atoms with Crippen LogP contribution in [0.4, 0.5) is 4.39 Å². The quantitative estimate of drug-likeness (QED) is 0.685. The van der Waals surface area contributed by atoms with Crippen LogP contribution in [0.25, 0.3) is 10.9 Å². The maximum Gasteiger partial charge on any atom is 0.252 e. The monoisotopic (exact) mass is 332 g/mol.